The second-order valence-electron chi connectivity index (χ2n) is 9.67. The minimum absolute atomic E-state index is 0.250. The Bertz CT molecular complexity index is 1330. The van der Waals surface area contributed by atoms with E-state index < -0.39 is 0 Å². The molecule has 0 atom stereocenters. The highest BCUT2D eigenvalue weighted by Gasteiger charge is 2.26. The lowest BCUT2D eigenvalue weighted by Gasteiger charge is -2.23. The molecular formula is C27H30ClN5O5. The molecule has 3 aliphatic rings. The number of hydrogen-bond acceptors (Lipinski definition) is 8. The quantitative estimate of drug-likeness (QED) is 0.366. The van der Waals surface area contributed by atoms with Gasteiger partial charge in [0.15, 0.2) is 11.5 Å². The summed E-state index contributed by atoms with van der Waals surface area (Å²) >= 11 is 6.43. The van der Waals surface area contributed by atoms with Gasteiger partial charge >= 0.3 is 6.03 Å². The van der Waals surface area contributed by atoms with Crippen molar-refractivity contribution < 1.29 is 23.7 Å². The highest BCUT2D eigenvalue weighted by atomic mass is 35.5. The van der Waals surface area contributed by atoms with Gasteiger partial charge in [0.05, 0.1) is 22.8 Å². The van der Waals surface area contributed by atoms with Crippen molar-refractivity contribution in [2.75, 3.05) is 44.8 Å². The number of aromatic nitrogens is 2. The third-order valence-corrected chi connectivity index (χ3v) is 7.05. The van der Waals surface area contributed by atoms with Gasteiger partial charge in [0, 0.05) is 24.7 Å². The smallest absolute Gasteiger partial charge is 0.319 e. The molecule has 0 bridgehead atoms. The number of anilines is 1. The van der Waals surface area contributed by atoms with E-state index in [0.717, 1.165) is 25.8 Å². The number of nitrogens with zero attached hydrogens (tertiary/aromatic N) is 3. The van der Waals surface area contributed by atoms with Crippen molar-refractivity contribution in [2.24, 2.45) is 0 Å². The number of urea groups is 1. The molecule has 2 fully saturated rings. The molecule has 38 heavy (non-hydrogen) atoms. The van der Waals surface area contributed by atoms with Crippen molar-refractivity contribution in [1.29, 1.82) is 0 Å². The van der Waals surface area contributed by atoms with Crippen LogP contribution in [0.15, 0.2) is 30.6 Å². The number of amides is 2. The van der Waals surface area contributed by atoms with Gasteiger partial charge in [-0.1, -0.05) is 11.6 Å². The van der Waals surface area contributed by atoms with E-state index in [4.69, 9.17) is 30.5 Å². The summed E-state index contributed by atoms with van der Waals surface area (Å²) in [4.78, 5) is 23.3. The maximum atomic E-state index is 12.1. The van der Waals surface area contributed by atoms with Crippen LogP contribution in [0.3, 0.4) is 0 Å². The summed E-state index contributed by atoms with van der Waals surface area (Å²) in [6.07, 6.45) is 6.93. The highest BCUT2D eigenvalue weighted by Crippen LogP contribution is 2.48. The molecule has 200 valence electrons. The predicted octanol–water partition coefficient (Wildman–Crippen LogP) is 5.00. The van der Waals surface area contributed by atoms with Crippen LogP contribution in [-0.4, -0.2) is 66.4 Å². The third-order valence-electron chi connectivity index (χ3n) is 6.73. The fourth-order valence-corrected chi connectivity index (χ4v) is 4.90. The molecule has 0 unspecified atom stereocenters. The van der Waals surface area contributed by atoms with Gasteiger partial charge in [-0.3, -0.25) is 0 Å². The first-order chi connectivity index (χ1) is 18.6. The number of carbonyl (C=O) groups is 1. The van der Waals surface area contributed by atoms with Crippen molar-refractivity contribution in [2.45, 2.75) is 38.1 Å². The molecule has 1 aromatic heterocycles. The summed E-state index contributed by atoms with van der Waals surface area (Å²) in [5.41, 5.74) is 1.11. The van der Waals surface area contributed by atoms with Crippen molar-refractivity contribution in [1.82, 2.24) is 20.2 Å². The highest BCUT2D eigenvalue weighted by molar-refractivity contribution is 6.33. The number of ether oxygens (including phenoxy) is 4. The molecule has 1 aliphatic carbocycles. The lowest BCUT2D eigenvalue weighted by molar-refractivity contribution is 0.162. The van der Waals surface area contributed by atoms with Crippen LogP contribution in [0.4, 0.5) is 10.5 Å². The number of carbonyl (C=O) groups excluding carboxylic acids is 1. The Hall–Kier alpha value is -3.50. The number of fused-ring (bicyclic) bond motifs is 3. The van der Waals surface area contributed by atoms with E-state index in [1.165, 1.54) is 32.3 Å². The van der Waals surface area contributed by atoms with Crippen molar-refractivity contribution in [3.63, 3.8) is 0 Å². The topological polar surface area (TPSA) is 107 Å². The molecule has 11 heteroatoms. The fourth-order valence-electron chi connectivity index (χ4n) is 4.69. The summed E-state index contributed by atoms with van der Waals surface area (Å²) in [7, 11) is 0. The first-order valence-corrected chi connectivity index (χ1v) is 13.5. The predicted molar refractivity (Wildman–Crippen MR) is 143 cm³/mol. The van der Waals surface area contributed by atoms with Gasteiger partial charge in [0.25, 0.3) is 0 Å². The van der Waals surface area contributed by atoms with Crippen LogP contribution in [0.1, 0.15) is 32.1 Å². The minimum Gasteiger partial charge on any atom is -0.489 e. The molecule has 2 amide bonds. The van der Waals surface area contributed by atoms with E-state index >= 15 is 0 Å². The van der Waals surface area contributed by atoms with Crippen molar-refractivity contribution in [3.05, 3.63) is 35.6 Å². The summed E-state index contributed by atoms with van der Waals surface area (Å²) in [6.45, 7) is 4.75. The second-order valence-corrected chi connectivity index (χ2v) is 10.1. The van der Waals surface area contributed by atoms with Gasteiger partial charge in [-0.2, -0.15) is 0 Å². The van der Waals surface area contributed by atoms with E-state index in [1.807, 2.05) is 6.07 Å². The molecule has 0 spiro atoms. The first kappa shape index (κ1) is 24.8. The number of halogens is 1. The van der Waals surface area contributed by atoms with E-state index in [1.54, 1.807) is 18.2 Å². The first-order valence-electron chi connectivity index (χ1n) is 13.1. The van der Waals surface area contributed by atoms with E-state index in [9.17, 15) is 4.79 Å². The molecule has 0 radical (unpaired) electrons. The molecule has 1 saturated carbocycles. The molecule has 2 N–H and O–H groups in total. The summed E-state index contributed by atoms with van der Waals surface area (Å²) < 4.78 is 24.2. The Morgan fingerprint density at radius 1 is 1.11 bits per heavy atom. The summed E-state index contributed by atoms with van der Waals surface area (Å²) in [5, 5.41) is 6.58. The molecule has 2 aliphatic heterocycles. The van der Waals surface area contributed by atoms with Gasteiger partial charge in [0.1, 0.15) is 30.7 Å². The Balaban J connectivity index is 1.20. The zero-order valence-electron chi connectivity index (χ0n) is 21.0. The Morgan fingerprint density at radius 2 is 1.92 bits per heavy atom. The summed E-state index contributed by atoms with van der Waals surface area (Å²) in [5.74, 6) is 2.39. The van der Waals surface area contributed by atoms with Gasteiger partial charge in [-0.25, -0.2) is 14.8 Å². The van der Waals surface area contributed by atoms with Crippen LogP contribution in [0.5, 0.6) is 28.9 Å². The SMILES string of the molecule is O=C(Nc1ccc(Oc2ncnc3cc(OCCCN4CCCC4)c4c(c23)OCCO4)cc1Cl)NC1CC1. The number of rotatable bonds is 9. The van der Waals surface area contributed by atoms with Crippen LogP contribution in [0, 0.1) is 0 Å². The van der Waals surface area contributed by atoms with E-state index in [-0.39, 0.29) is 12.1 Å². The van der Waals surface area contributed by atoms with E-state index in [0.29, 0.717) is 70.3 Å². The van der Waals surface area contributed by atoms with Gasteiger partial charge in [-0.15, -0.1) is 0 Å². The monoisotopic (exact) mass is 539 g/mol. The molecule has 3 aromatic rings. The number of hydrogen-bond donors (Lipinski definition) is 2. The van der Waals surface area contributed by atoms with Gasteiger partial charge < -0.3 is 34.5 Å². The van der Waals surface area contributed by atoms with Gasteiger partial charge in [0.2, 0.25) is 11.6 Å². The van der Waals surface area contributed by atoms with Crippen LogP contribution in [0.25, 0.3) is 10.9 Å². The van der Waals surface area contributed by atoms with Crippen LogP contribution < -0.4 is 29.6 Å². The molecule has 2 aromatic carbocycles. The number of nitrogens with one attached hydrogen (secondary N) is 2. The molecular weight excluding hydrogens is 510 g/mol. The van der Waals surface area contributed by atoms with E-state index in [2.05, 4.69) is 25.5 Å². The van der Waals surface area contributed by atoms with Gasteiger partial charge in [-0.05, 0) is 57.3 Å². The standard InChI is InChI=1S/C27H30ClN5O5/c28-19-14-18(6-7-20(19)32-27(34)31-17-4-5-17)38-26-23-21(29-16-30-26)15-22(24-25(23)37-13-12-36-24)35-11-3-10-33-8-1-2-9-33/h6-7,14-17H,1-5,8-13H2,(H2,31,32,34). The molecule has 3 heterocycles. The van der Waals surface area contributed by atoms with Crippen LogP contribution in [0.2, 0.25) is 5.02 Å². The fraction of sp³-hybridized carbons (Fsp3) is 0.444. The lowest BCUT2D eigenvalue weighted by atomic mass is 10.1. The van der Waals surface area contributed by atoms with Crippen molar-refractivity contribution >= 4 is 34.2 Å². The Morgan fingerprint density at radius 3 is 2.71 bits per heavy atom. The maximum absolute atomic E-state index is 12.1. The maximum Gasteiger partial charge on any atom is 0.319 e. The minimum atomic E-state index is -0.275. The average Bonchev–Trinajstić information content (AvgIpc) is 3.57. The Kier molecular flexibility index (Phi) is 7.24. The zero-order valence-corrected chi connectivity index (χ0v) is 21.8. The summed E-state index contributed by atoms with van der Waals surface area (Å²) in [6, 6.07) is 6.85. The van der Waals surface area contributed by atoms with Crippen LogP contribution in [-0.2, 0) is 0 Å². The molecule has 6 rings (SSSR count). The average molecular weight is 540 g/mol. The van der Waals surface area contributed by atoms with Crippen LogP contribution >= 0.6 is 11.6 Å². The molecule has 10 nitrogen and oxygen atoms in total. The lowest BCUT2D eigenvalue weighted by Crippen LogP contribution is -2.30. The number of likely N-dealkylation sites (tertiary alicyclic amines) is 1. The Labute approximate surface area is 225 Å². The molecule has 1 saturated heterocycles. The third kappa shape index (κ3) is 5.66. The number of benzene rings is 2. The van der Waals surface area contributed by atoms with Crippen molar-refractivity contribution in [3.8, 4) is 28.9 Å². The second kappa shape index (κ2) is 11.1. The normalized spacial score (nSPS) is 16.9. The zero-order chi connectivity index (χ0) is 25.9. The largest absolute Gasteiger partial charge is 0.489 e.